The van der Waals surface area contributed by atoms with E-state index >= 15 is 0 Å². The molecule has 1 aromatic rings. The number of halogens is 1. The average molecular weight is 227 g/mol. The topological polar surface area (TPSA) is 25.4 Å². The van der Waals surface area contributed by atoms with Crippen molar-refractivity contribution in [2.75, 3.05) is 25.1 Å². The van der Waals surface area contributed by atoms with Gasteiger partial charge in [0.1, 0.15) is 0 Å². The maximum absolute atomic E-state index is 5.90. The van der Waals surface area contributed by atoms with Crippen LogP contribution in [0, 0.1) is 0 Å². The zero-order chi connectivity index (χ0) is 10.7. The van der Waals surface area contributed by atoms with Gasteiger partial charge in [0.15, 0.2) is 0 Å². The molecule has 0 spiro atoms. The Bertz CT molecular complexity index is 332. The summed E-state index contributed by atoms with van der Waals surface area (Å²) in [5.74, 6) is 0.534. The highest BCUT2D eigenvalue weighted by Gasteiger charge is 2.23. The standard InChI is InChI=1S/C11H15ClN2O/c1-15-10-3-5-14(8-10)11-7-13-4-2-9(11)6-12/h2,4,7,10H,3,5-6,8H2,1H3. The van der Waals surface area contributed by atoms with Crippen LogP contribution in [0.25, 0.3) is 0 Å². The molecule has 4 heteroatoms. The number of ether oxygens (including phenoxy) is 1. The molecule has 1 aliphatic heterocycles. The Labute approximate surface area is 95.0 Å². The highest BCUT2D eigenvalue weighted by atomic mass is 35.5. The van der Waals surface area contributed by atoms with Crippen LogP contribution in [0.2, 0.25) is 0 Å². The highest BCUT2D eigenvalue weighted by molar-refractivity contribution is 6.17. The minimum absolute atomic E-state index is 0.341. The first-order valence-electron chi connectivity index (χ1n) is 5.11. The maximum atomic E-state index is 5.90. The fourth-order valence-corrected chi connectivity index (χ4v) is 2.18. The average Bonchev–Trinajstić information content (AvgIpc) is 2.77. The molecule has 0 aromatic carbocycles. The molecule has 3 nitrogen and oxygen atoms in total. The number of alkyl halides is 1. The lowest BCUT2D eigenvalue weighted by Gasteiger charge is -2.20. The lowest BCUT2D eigenvalue weighted by Crippen LogP contribution is -2.23. The number of anilines is 1. The largest absolute Gasteiger partial charge is 0.380 e. The molecule has 0 bridgehead atoms. The number of rotatable bonds is 3. The second-order valence-corrected chi connectivity index (χ2v) is 4.00. The minimum atomic E-state index is 0.341. The predicted molar refractivity (Wildman–Crippen MR) is 61.4 cm³/mol. The molecule has 1 aliphatic rings. The van der Waals surface area contributed by atoms with Crippen LogP contribution in [0.4, 0.5) is 5.69 Å². The van der Waals surface area contributed by atoms with Crippen LogP contribution in [0.15, 0.2) is 18.5 Å². The summed E-state index contributed by atoms with van der Waals surface area (Å²) in [6, 6.07) is 1.97. The normalized spacial score (nSPS) is 20.9. The Balaban J connectivity index is 2.16. The van der Waals surface area contributed by atoms with Crippen molar-refractivity contribution >= 4 is 17.3 Å². The van der Waals surface area contributed by atoms with Gasteiger partial charge in [-0.05, 0) is 18.1 Å². The van der Waals surface area contributed by atoms with E-state index in [1.54, 1.807) is 13.3 Å². The van der Waals surface area contributed by atoms with E-state index < -0.39 is 0 Å². The Hall–Kier alpha value is -0.800. The monoisotopic (exact) mass is 226 g/mol. The Kier molecular flexibility index (Phi) is 3.44. The summed E-state index contributed by atoms with van der Waals surface area (Å²) in [4.78, 5) is 6.44. The van der Waals surface area contributed by atoms with Crippen molar-refractivity contribution in [2.24, 2.45) is 0 Å². The summed E-state index contributed by atoms with van der Waals surface area (Å²) in [5, 5.41) is 0. The van der Waals surface area contributed by atoms with Crippen LogP contribution in [0.3, 0.4) is 0 Å². The lowest BCUT2D eigenvalue weighted by atomic mass is 10.2. The van der Waals surface area contributed by atoms with Gasteiger partial charge in [-0.3, -0.25) is 4.98 Å². The summed E-state index contributed by atoms with van der Waals surface area (Å²) >= 11 is 5.90. The van der Waals surface area contributed by atoms with E-state index in [1.807, 2.05) is 12.3 Å². The molecule has 15 heavy (non-hydrogen) atoms. The quantitative estimate of drug-likeness (QED) is 0.738. The van der Waals surface area contributed by atoms with Gasteiger partial charge in [0.2, 0.25) is 0 Å². The number of methoxy groups -OCH3 is 1. The van der Waals surface area contributed by atoms with Crippen molar-refractivity contribution in [1.29, 1.82) is 0 Å². The van der Waals surface area contributed by atoms with Gasteiger partial charge in [0, 0.05) is 32.3 Å². The first-order valence-corrected chi connectivity index (χ1v) is 5.65. The van der Waals surface area contributed by atoms with E-state index in [1.165, 1.54) is 0 Å². The van der Waals surface area contributed by atoms with Crippen LogP contribution >= 0.6 is 11.6 Å². The Morgan fingerprint density at radius 1 is 1.67 bits per heavy atom. The number of pyridine rings is 1. The van der Waals surface area contributed by atoms with Crippen LogP contribution in [0.1, 0.15) is 12.0 Å². The molecule has 0 radical (unpaired) electrons. The van der Waals surface area contributed by atoms with Crippen molar-refractivity contribution in [3.8, 4) is 0 Å². The van der Waals surface area contributed by atoms with E-state index in [9.17, 15) is 0 Å². The van der Waals surface area contributed by atoms with Gasteiger partial charge in [0.05, 0.1) is 18.0 Å². The second kappa shape index (κ2) is 4.81. The third-order valence-corrected chi connectivity index (χ3v) is 3.14. The summed E-state index contributed by atoms with van der Waals surface area (Å²) in [6.45, 7) is 1.96. The van der Waals surface area contributed by atoms with E-state index in [2.05, 4.69) is 9.88 Å². The molecule has 1 atom stereocenters. The maximum Gasteiger partial charge on any atom is 0.0762 e. The van der Waals surface area contributed by atoms with Gasteiger partial charge >= 0.3 is 0 Å². The molecular weight excluding hydrogens is 212 g/mol. The van der Waals surface area contributed by atoms with Gasteiger partial charge in [-0.25, -0.2) is 0 Å². The van der Waals surface area contributed by atoms with Gasteiger partial charge in [0.25, 0.3) is 0 Å². The molecule has 0 saturated carbocycles. The molecular formula is C11H15ClN2O. The number of hydrogen-bond acceptors (Lipinski definition) is 3. The van der Waals surface area contributed by atoms with Crippen LogP contribution in [0.5, 0.6) is 0 Å². The summed E-state index contributed by atoms with van der Waals surface area (Å²) in [6.07, 6.45) is 5.09. The number of hydrogen-bond donors (Lipinski definition) is 0. The summed E-state index contributed by atoms with van der Waals surface area (Å²) < 4.78 is 5.34. The zero-order valence-electron chi connectivity index (χ0n) is 8.82. The van der Waals surface area contributed by atoms with Gasteiger partial charge in [-0.1, -0.05) is 0 Å². The number of nitrogens with zero attached hydrogens (tertiary/aromatic N) is 2. The lowest BCUT2D eigenvalue weighted by molar-refractivity contribution is 0.121. The smallest absolute Gasteiger partial charge is 0.0762 e. The van der Waals surface area contributed by atoms with E-state index in [4.69, 9.17) is 16.3 Å². The molecule has 1 unspecified atom stereocenters. The van der Waals surface area contributed by atoms with Crippen molar-refractivity contribution < 1.29 is 4.74 Å². The third-order valence-electron chi connectivity index (χ3n) is 2.85. The van der Waals surface area contributed by atoms with Gasteiger partial charge < -0.3 is 9.64 Å². The van der Waals surface area contributed by atoms with Gasteiger partial charge in [-0.15, -0.1) is 11.6 Å². The zero-order valence-corrected chi connectivity index (χ0v) is 9.57. The SMILES string of the molecule is COC1CCN(c2cnccc2CCl)C1. The van der Waals surface area contributed by atoms with Crippen molar-refractivity contribution in [1.82, 2.24) is 4.98 Å². The van der Waals surface area contributed by atoms with Crippen molar-refractivity contribution in [3.63, 3.8) is 0 Å². The molecule has 1 fully saturated rings. The minimum Gasteiger partial charge on any atom is -0.380 e. The van der Waals surface area contributed by atoms with Crippen LogP contribution in [-0.4, -0.2) is 31.3 Å². The first-order chi connectivity index (χ1) is 7.35. The summed E-state index contributed by atoms with van der Waals surface area (Å²) in [7, 11) is 1.76. The number of aromatic nitrogens is 1. The summed E-state index contributed by atoms with van der Waals surface area (Å²) in [5.41, 5.74) is 2.29. The van der Waals surface area contributed by atoms with E-state index in [0.29, 0.717) is 12.0 Å². The molecule has 0 N–H and O–H groups in total. The molecule has 2 heterocycles. The first kappa shape index (κ1) is 10.7. The fourth-order valence-electron chi connectivity index (χ4n) is 1.95. The third kappa shape index (κ3) is 2.24. The molecule has 0 aliphatic carbocycles. The predicted octanol–water partition coefficient (Wildman–Crippen LogP) is 2.05. The molecule has 0 amide bonds. The van der Waals surface area contributed by atoms with Gasteiger partial charge in [-0.2, -0.15) is 0 Å². The Morgan fingerprint density at radius 2 is 2.53 bits per heavy atom. The Morgan fingerprint density at radius 3 is 3.20 bits per heavy atom. The molecule has 82 valence electrons. The van der Waals surface area contributed by atoms with Crippen molar-refractivity contribution in [3.05, 3.63) is 24.0 Å². The van der Waals surface area contributed by atoms with Crippen molar-refractivity contribution in [2.45, 2.75) is 18.4 Å². The molecule has 2 rings (SSSR count). The molecule has 1 saturated heterocycles. The van der Waals surface area contributed by atoms with E-state index in [0.717, 1.165) is 30.8 Å². The molecule has 1 aromatic heterocycles. The van der Waals surface area contributed by atoms with E-state index in [-0.39, 0.29) is 0 Å². The van der Waals surface area contributed by atoms with Crippen LogP contribution in [-0.2, 0) is 10.6 Å². The fraction of sp³-hybridized carbons (Fsp3) is 0.545. The second-order valence-electron chi connectivity index (χ2n) is 3.73. The van der Waals surface area contributed by atoms with Crippen LogP contribution < -0.4 is 4.90 Å². The highest BCUT2D eigenvalue weighted by Crippen LogP contribution is 2.25.